The smallest absolute Gasteiger partial charge is 0.232 e. The zero-order valence-corrected chi connectivity index (χ0v) is 11.6. The molecule has 6 heteroatoms. The van der Waals surface area contributed by atoms with Crippen LogP contribution in [0.3, 0.4) is 0 Å². The van der Waals surface area contributed by atoms with Gasteiger partial charge in [0.2, 0.25) is 5.91 Å². The number of nitrogens with one attached hydrogen (secondary N) is 1. The molecule has 0 atom stereocenters. The molecular weight excluding hydrogens is 242 g/mol. The van der Waals surface area contributed by atoms with Crippen LogP contribution in [-0.4, -0.2) is 26.1 Å². The predicted molar refractivity (Wildman–Crippen MR) is 71.8 cm³/mol. The minimum atomic E-state index is -0.118. The fourth-order valence-electron chi connectivity index (χ4n) is 2.10. The van der Waals surface area contributed by atoms with Crippen LogP contribution >= 0.6 is 0 Å². The molecule has 0 spiro atoms. The maximum absolute atomic E-state index is 12.0. The van der Waals surface area contributed by atoms with E-state index in [0.29, 0.717) is 5.82 Å². The molecule has 100 valence electrons. The van der Waals surface area contributed by atoms with E-state index in [1.807, 2.05) is 32.9 Å². The van der Waals surface area contributed by atoms with E-state index in [2.05, 4.69) is 20.8 Å². The molecule has 1 heterocycles. The molecule has 2 rings (SSSR count). The fraction of sp³-hybridized carbons (Fsp3) is 0.385. The maximum Gasteiger partial charge on any atom is 0.232 e. The normalized spacial score (nSPS) is 10.5. The molecule has 0 aliphatic rings. The number of rotatable bonds is 3. The van der Waals surface area contributed by atoms with Crippen LogP contribution in [0.2, 0.25) is 0 Å². The number of aromatic nitrogens is 4. The summed E-state index contributed by atoms with van der Waals surface area (Å²) in [5.74, 6) is 0.424. The Hall–Kier alpha value is -2.24. The highest BCUT2D eigenvalue weighted by atomic mass is 16.1. The van der Waals surface area contributed by atoms with Crippen molar-refractivity contribution in [1.29, 1.82) is 0 Å². The predicted octanol–water partition coefficient (Wildman–Crippen LogP) is 1.32. The Morgan fingerprint density at radius 3 is 2.42 bits per heavy atom. The highest BCUT2D eigenvalue weighted by Crippen LogP contribution is 2.21. The summed E-state index contributed by atoms with van der Waals surface area (Å²) in [7, 11) is 1.71. The molecule has 1 aromatic carbocycles. The number of amides is 1. The number of aryl methyl sites for hydroxylation is 4. The minimum absolute atomic E-state index is 0.118. The summed E-state index contributed by atoms with van der Waals surface area (Å²) in [6, 6.07) is 4.10. The molecular formula is C13H17N5O. The summed E-state index contributed by atoms with van der Waals surface area (Å²) in [5.41, 5.74) is 4.17. The summed E-state index contributed by atoms with van der Waals surface area (Å²) in [6.45, 7) is 6.01. The molecule has 6 nitrogen and oxygen atoms in total. The molecule has 1 amide bonds. The second-order valence-electron chi connectivity index (χ2n) is 4.72. The Morgan fingerprint density at radius 2 is 1.89 bits per heavy atom. The van der Waals surface area contributed by atoms with Crippen LogP contribution in [0.1, 0.15) is 22.5 Å². The van der Waals surface area contributed by atoms with E-state index in [1.165, 1.54) is 10.2 Å². The summed E-state index contributed by atoms with van der Waals surface area (Å²) in [5, 5.41) is 13.9. The van der Waals surface area contributed by atoms with Crippen LogP contribution in [0, 0.1) is 20.8 Å². The first-order valence-electron chi connectivity index (χ1n) is 6.06. The lowest BCUT2D eigenvalue weighted by molar-refractivity contribution is -0.115. The van der Waals surface area contributed by atoms with E-state index in [1.54, 1.807) is 7.05 Å². The average molecular weight is 259 g/mol. The molecule has 0 aliphatic heterocycles. The van der Waals surface area contributed by atoms with Crippen molar-refractivity contribution in [3.05, 3.63) is 34.6 Å². The van der Waals surface area contributed by atoms with Crippen LogP contribution in [0.4, 0.5) is 5.69 Å². The number of carbonyl (C=O) groups excluding carboxylic acids is 1. The van der Waals surface area contributed by atoms with Crippen molar-refractivity contribution >= 4 is 11.6 Å². The highest BCUT2D eigenvalue weighted by molar-refractivity contribution is 5.93. The molecule has 19 heavy (non-hydrogen) atoms. The number of nitrogens with zero attached hydrogens (tertiary/aromatic N) is 4. The second-order valence-corrected chi connectivity index (χ2v) is 4.72. The summed E-state index contributed by atoms with van der Waals surface area (Å²) in [6.07, 6.45) is 0.163. The first-order chi connectivity index (χ1) is 8.97. The number of carbonyl (C=O) groups is 1. The van der Waals surface area contributed by atoms with E-state index < -0.39 is 0 Å². The van der Waals surface area contributed by atoms with Crippen molar-refractivity contribution in [3.63, 3.8) is 0 Å². The Bertz CT molecular complexity index is 594. The molecule has 0 unspecified atom stereocenters. The van der Waals surface area contributed by atoms with Crippen molar-refractivity contribution in [1.82, 2.24) is 20.2 Å². The Balaban J connectivity index is 2.14. The zero-order chi connectivity index (χ0) is 14.0. The number of tetrazole rings is 1. The van der Waals surface area contributed by atoms with Crippen molar-refractivity contribution in [2.24, 2.45) is 7.05 Å². The van der Waals surface area contributed by atoms with E-state index >= 15 is 0 Å². The van der Waals surface area contributed by atoms with Gasteiger partial charge in [0.1, 0.15) is 0 Å². The lowest BCUT2D eigenvalue weighted by Gasteiger charge is -2.12. The van der Waals surface area contributed by atoms with Crippen molar-refractivity contribution in [2.75, 3.05) is 5.32 Å². The quantitative estimate of drug-likeness (QED) is 0.902. The third-order valence-electron chi connectivity index (χ3n) is 2.97. The summed E-state index contributed by atoms with van der Waals surface area (Å²) < 4.78 is 1.49. The number of hydrogen-bond donors (Lipinski definition) is 1. The Kier molecular flexibility index (Phi) is 3.59. The highest BCUT2D eigenvalue weighted by Gasteiger charge is 2.12. The van der Waals surface area contributed by atoms with Gasteiger partial charge in [0.15, 0.2) is 5.82 Å². The van der Waals surface area contributed by atoms with Gasteiger partial charge in [-0.05, 0) is 42.3 Å². The minimum Gasteiger partial charge on any atom is -0.325 e. The second kappa shape index (κ2) is 5.17. The van der Waals surface area contributed by atoms with Crippen molar-refractivity contribution < 1.29 is 4.79 Å². The summed E-state index contributed by atoms with van der Waals surface area (Å²) >= 11 is 0. The monoisotopic (exact) mass is 259 g/mol. The Labute approximate surface area is 111 Å². The van der Waals surface area contributed by atoms with E-state index in [-0.39, 0.29) is 12.3 Å². The van der Waals surface area contributed by atoms with E-state index in [0.717, 1.165) is 16.8 Å². The van der Waals surface area contributed by atoms with Crippen LogP contribution in [-0.2, 0) is 18.3 Å². The van der Waals surface area contributed by atoms with Gasteiger partial charge in [-0.3, -0.25) is 4.79 Å². The average Bonchev–Trinajstić information content (AvgIpc) is 2.69. The molecule has 0 saturated heterocycles. The molecule has 0 bridgehead atoms. The fourth-order valence-corrected chi connectivity index (χ4v) is 2.10. The number of anilines is 1. The van der Waals surface area contributed by atoms with E-state index in [4.69, 9.17) is 0 Å². The lowest BCUT2D eigenvalue weighted by atomic mass is 10.1. The van der Waals surface area contributed by atoms with Gasteiger partial charge in [-0.1, -0.05) is 17.7 Å². The van der Waals surface area contributed by atoms with Gasteiger partial charge < -0.3 is 5.32 Å². The van der Waals surface area contributed by atoms with Crippen LogP contribution in [0.15, 0.2) is 12.1 Å². The first-order valence-corrected chi connectivity index (χ1v) is 6.06. The van der Waals surface area contributed by atoms with Gasteiger partial charge in [0.05, 0.1) is 6.42 Å². The third kappa shape index (κ3) is 2.96. The van der Waals surface area contributed by atoms with Gasteiger partial charge >= 0.3 is 0 Å². The largest absolute Gasteiger partial charge is 0.325 e. The standard InChI is InChI=1S/C13H17N5O/c1-8-5-9(2)13(10(3)6-8)14-12(19)7-11-15-16-17-18(11)4/h5-6H,7H2,1-4H3,(H,14,19). The topological polar surface area (TPSA) is 72.7 Å². The van der Waals surface area contributed by atoms with Gasteiger partial charge in [-0.15, -0.1) is 5.10 Å². The molecule has 0 radical (unpaired) electrons. The number of hydrogen-bond acceptors (Lipinski definition) is 4. The summed E-state index contributed by atoms with van der Waals surface area (Å²) in [4.78, 5) is 12.0. The lowest BCUT2D eigenvalue weighted by Crippen LogP contribution is -2.18. The van der Waals surface area contributed by atoms with Gasteiger partial charge in [0.25, 0.3) is 0 Å². The Morgan fingerprint density at radius 1 is 1.26 bits per heavy atom. The van der Waals surface area contributed by atoms with Gasteiger partial charge in [0, 0.05) is 12.7 Å². The zero-order valence-electron chi connectivity index (χ0n) is 11.6. The molecule has 1 aromatic heterocycles. The SMILES string of the molecule is Cc1cc(C)c(NC(=O)Cc2nnnn2C)c(C)c1. The maximum atomic E-state index is 12.0. The van der Waals surface area contributed by atoms with Crippen LogP contribution in [0.5, 0.6) is 0 Å². The molecule has 1 N–H and O–H groups in total. The molecule has 0 fully saturated rings. The third-order valence-corrected chi connectivity index (χ3v) is 2.97. The number of benzene rings is 1. The first kappa shape index (κ1) is 13.2. The molecule has 0 saturated carbocycles. The molecule has 2 aromatic rings. The van der Waals surface area contributed by atoms with Crippen LogP contribution in [0.25, 0.3) is 0 Å². The molecule has 0 aliphatic carbocycles. The van der Waals surface area contributed by atoms with Gasteiger partial charge in [-0.2, -0.15) is 0 Å². The van der Waals surface area contributed by atoms with Crippen molar-refractivity contribution in [3.8, 4) is 0 Å². The van der Waals surface area contributed by atoms with Crippen LogP contribution < -0.4 is 5.32 Å². The van der Waals surface area contributed by atoms with E-state index in [9.17, 15) is 4.79 Å². The van der Waals surface area contributed by atoms with Crippen molar-refractivity contribution in [2.45, 2.75) is 27.2 Å². The van der Waals surface area contributed by atoms with Gasteiger partial charge in [-0.25, -0.2) is 4.68 Å².